The maximum absolute atomic E-state index is 13.8. The van der Waals surface area contributed by atoms with Crippen molar-refractivity contribution in [3.63, 3.8) is 0 Å². The number of halogens is 1. The second-order valence-electron chi connectivity index (χ2n) is 5.44. The van der Waals surface area contributed by atoms with Gasteiger partial charge in [-0.15, -0.1) is 0 Å². The van der Waals surface area contributed by atoms with Gasteiger partial charge in [-0.25, -0.2) is 19.2 Å². The molecule has 0 saturated heterocycles. The molecule has 0 bridgehead atoms. The number of aryl methyl sites for hydroxylation is 3. The Labute approximate surface area is 136 Å². The third-order valence-corrected chi connectivity index (χ3v) is 3.54. The van der Waals surface area contributed by atoms with E-state index in [1.807, 2.05) is 0 Å². The molecule has 0 aliphatic carbocycles. The van der Waals surface area contributed by atoms with Gasteiger partial charge in [0.15, 0.2) is 11.9 Å². The lowest BCUT2D eigenvalue weighted by Gasteiger charge is -2.11. The molecule has 0 radical (unpaired) electrons. The Morgan fingerprint density at radius 2 is 1.88 bits per heavy atom. The summed E-state index contributed by atoms with van der Waals surface area (Å²) < 4.78 is 24.1. The van der Waals surface area contributed by atoms with E-state index in [1.54, 1.807) is 27.7 Å². The Kier molecular flexibility index (Phi) is 3.96. The molecule has 0 aliphatic heterocycles. The van der Waals surface area contributed by atoms with Crippen molar-refractivity contribution in [3.05, 3.63) is 46.6 Å². The minimum absolute atomic E-state index is 0.00341. The number of fused-ring (bicyclic) bond motifs is 1. The number of aromatic nitrogens is 4. The average molecular weight is 330 g/mol. The third-order valence-electron chi connectivity index (χ3n) is 3.54. The van der Waals surface area contributed by atoms with Crippen molar-refractivity contribution in [2.24, 2.45) is 0 Å². The second kappa shape index (κ2) is 5.95. The topological polar surface area (TPSA) is 91.0 Å². The molecule has 3 rings (SSSR count). The van der Waals surface area contributed by atoms with Gasteiger partial charge in [0, 0.05) is 6.07 Å². The van der Waals surface area contributed by atoms with E-state index in [-0.39, 0.29) is 11.5 Å². The van der Waals surface area contributed by atoms with Gasteiger partial charge in [0.1, 0.15) is 11.3 Å². The molecule has 124 valence electrons. The van der Waals surface area contributed by atoms with Gasteiger partial charge in [-0.1, -0.05) is 5.16 Å². The summed E-state index contributed by atoms with van der Waals surface area (Å²) in [5, 5.41) is 3.64. The largest absolute Gasteiger partial charge is 0.449 e. The molecule has 2 aromatic heterocycles. The summed E-state index contributed by atoms with van der Waals surface area (Å²) in [6, 6.07) is 2.32. The molecule has 0 saturated carbocycles. The molecule has 0 amide bonds. The Hall–Kier alpha value is -2.90. The molecular weight excluding hydrogens is 315 g/mol. The SMILES string of the molecule is Cc1noc(C(C)OC(=O)c2cc(F)cc3nc(C)c(C)nc23)n1. The van der Waals surface area contributed by atoms with Crippen molar-refractivity contribution in [1.82, 2.24) is 20.1 Å². The number of rotatable bonds is 3. The maximum Gasteiger partial charge on any atom is 0.341 e. The number of carbonyl (C=O) groups is 1. The number of ether oxygens (including phenoxy) is 1. The molecule has 1 unspecified atom stereocenters. The highest BCUT2D eigenvalue weighted by molar-refractivity contribution is 6.01. The summed E-state index contributed by atoms with van der Waals surface area (Å²) in [4.78, 5) is 25.1. The summed E-state index contributed by atoms with van der Waals surface area (Å²) in [6.45, 7) is 6.78. The van der Waals surface area contributed by atoms with Crippen LogP contribution in [-0.2, 0) is 4.74 Å². The van der Waals surface area contributed by atoms with E-state index in [9.17, 15) is 9.18 Å². The molecule has 0 fully saturated rings. The number of nitrogens with zero attached hydrogens (tertiary/aromatic N) is 4. The van der Waals surface area contributed by atoms with Crippen LogP contribution in [0.2, 0.25) is 0 Å². The maximum atomic E-state index is 13.8. The normalized spacial score (nSPS) is 12.4. The van der Waals surface area contributed by atoms with Gasteiger partial charge in [0.25, 0.3) is 5.89 Å². The van der Waals surface area contributed by atoms with Crippen molar-refractivity contribution in [3.8, 4) is 0 Å². The second-order valence-corrected chi connectivity index (χ2v) is 5.44. The standard InChI is InChI=1S/C16H15FN4O3/c1-7-8(2)19-14-12(5-11(17)6-13(14)18-7)16(22)23-9(3)15-20-10(4)21-24-15/h5-6,9H,1-4H3. The van der Waals surface area contributed by atoms with Gasteiger partial charge >= 0.3 is 5.97 Å². The van der Waals surface area contributed by atoms with E-state index >= 15 is 0 Å². The fraction of sp³-hybridized carbons (Fsp3) is 0.312. The van der Waals surface area contributed by atoms with Crippen LogP contribution in [0, 0.1) is 26.6 Å². The van der Waals surface area contributed by atoms with Crippen LogP contribution in [0.25, 0.3) is 11.0 Å². The number of hydrogen-bond donors (Lipinski definition) is 0. The van der Waals surface area contributed by atoms with Gasteiger partial charge in [0.2, 0.25) is 0 Å². The van der Waals surface area contributed by atoms with Crippen molar-refractivity contribution in [2.75, 3.05) is 0 Å². The lowest BCUT2D eigenvalue weighted by molar-refractivity contribution is 0.0267. The quantitative estimate of drug-likeness (QED) is 0.682. The molecule has 0 spiro atoms. The number of carbonyl (C=O) groups excluding carboxylic acids is 1. The van der Waals surface area contributed by atoms with Crippen molar-refractivity contribution < 1.29 is 18.4 Å². The zero-order chi connectivity index (χ0) is 17.4. The highest BCUT2D eigenvalue weighted by atomic mass is 19.1. The smallest absolute Gasteiger partial charge is 0.341 e. The predicted octanol–water partition coefficient (Wildman–Crippen LogP) is 3.00. The number of benzene rings is 1. The molecule has 2 heterocycles. The zero-order valence-electron chi connectivity index (χ0n) is 13.6. The first-order valence-corrected chi connectivity index (χ1v) is 7.31. The van der Waals surface area contributed by atoms with Crippen LogP contribution < -0.4 is 0 Å². The van der Waals surface area contributed by atoms with Crippen molar-refractivity contribution in [1.29, 1.82) is 0 Å². The summed E-state index contributed by atoms with van der Waals surface area (Å²) >= 11 is 0. The molecule has 1 aromatic carbocycles. The first-order valence-electron chi connectivity index (χ1n) is 7.31. The van der Waals surface area contributed by atoms with E-state index in [0.29, 0.717) is 28.2 Å². The highest BCUT2D eigenvalue weighted by Crippen LogP contribution is 2.23. The summed E-state index contributed by atoms with van der Waals surface area (Å²) in [6.07, 6.45) is -0.767. The fourth-order valence-corrected chi connectivity index (χ4v) is 2.21. The van der Waals surface area contributed by atoms with E-state index in [4.69, 9.17) is 9.26 Å². The Morgan fingerprint density at radius 3 is 2.54 bits per heavy atom. The molecule has 1 atom stereocenters. The van der Waals surface area contributed by atoms with Crippen LogP contribution >= 0.6 is 0 Å². The summed E-state index contributed by atoms with van der Waals surface area (Å²) in [7, 11) is 0. The number of esters is 1. The summed E-state index contributed by atoms with van der Waals surface area (Å²) in [5.41, 5.74) is 1.92. The van der Waals surface area contributed by atoms with Gasteiger partial charge in [-0.2, -0.15) is 4.98 Å². The minimum Gasteiger partial charge on any atom is -0.449 e. The average Bonchev–Trinajstić information content (AvgIpc) is 2.95. The third kappa shape index (κ3) is 2.94. The van der Waals surface area contributed by atoms with Gasteiger partial charge in [-0.05, 0) is 33.8 Å². The molecule has 24 heavy (non-hydrogen) atoms. The van der Waals surface area contributed by atoms with E-state index in [0.717, 1.165) is 6.07 Å². The highest BCUT2D eigenvalue weighted by Gasteiger charge is 2.22. The Morgan fingerprint density at radius 1 is 1.17 bits per heavy atom. The van der Waals surface area contributed by atoms with Crippen LogP contribution in [0.5, 0.6) is 0 Å². The van der Waals surface area contributed by atoms with Gasteiger partial charge < -0.3 is 9.26 Å². The fourth-order valence-electron chi connectivity index (χ4n) is 2.21. The van der Waals surface area contributed by atoms with Crippen LogP contribution in [0.4, 0.5) is 4.39 Å². The molecule has 0 aliphatic rings. The van der Waals surface area contributed by atoms with Gasteiger partial charge in [0.05, 0.1) is 22.5 Å². The summed E-state index contributed by atoms with van der Waals surface area (Å²) in [5.74, 6) is -0.727. The van der Waals surface area contributed by atoms with Crippen LogP contribution in [0.15, 0.2) is 16.7 Å². The number of hydrogen-bond acceptors (Lipinski definition) is 7. The molecule has 3 aromatic rings. The van der Waals surface area contributed by atoms with Crippen LogP contribution in [0.3, 0.4) is 0 Å². The van der Waals surface area contributed by atoms with Crippen molar-refractivity contribution >= 4 is 17.0 Å². The van der Waals surface area contributed by atoms with Crippen LogP contribution in [-0.4, -0.2) is 26.1 Å². The Balaban J connectivity index is 1.98. The molecule has 7 nitrogen and oxygen atoms in total. The predicted molar refractivity (Wildman–Crippen MR) is 81.8 cm³/mol. The monoisotopic (exact) mass is 330 g/mol. The molecule has 8 heteroatoms. The van der Waals surface area contributed by atoms with Gasteiger partial charge in [-0.3, -0.25) is 0 Å². The Bertz CT molecular complexity index is 938. The van der Waals surface area contributed by atoms with E-state index < -0.39 is 17.9 Å². The van der Waals surface area contributed by atoms with Crippen molar-refractivity contribution in [2.45, 2.75) is 33.8 Å². The first kappa shape index (κ1) is 16.0. The van der Waals surface area contributed by atoms with Crippen LogP contribution in [0.1, 0.15) is 46.5 Å². The van der Waals surface area contributed by atoms with E-state index in [1.165, 1.54) is 6.07 Å². The van der Waals surface area contributed by atoms with E-state index in [2.05, 4.69) is 20.1 Å². The first-order chi connectivity index (χ1) is 11.3. The minimum atomic E-state index is -0.767. The molecular formula is C16H15FN4O3. The molecule has 0 N–H and O–H groups in total. The zero-order valence-corrected chi connectivity index (χ0v) is 13.6. The lowest BCUT2D eigenvalue weighted by atomic mass is 10.1. The lowest BCUT2D eigenvalue weighted by Crippen LogP contribution is -2.12.